The Kier molecular flexibility index (Phi) is 5.88. The minimum absolute atomic E-state index is 0.204. The van der Waals surface area contributed by atoms with Crippen LogP contribution in [0.3, 0.4) is 0 Å². The Bertz CT molecular complexity index is 1690. The lowest BCUT2D eigenvalue weighted by Gasteiger charge is -2.21. The van der Waals surface area contributed by atoms with Crippen LogP contribution >= 0.6 is 0 Å². The molecule has 178 valence electrons. The van der Waals surface area contributed by atoms with Crippen LogP contribution in [-0.2, 0) is 7.05 Å². The van der Waals surface area contributed by atoms with E-state index < -0.39 is 6.04 Å². The zero-order valence-electron chi connectivity index (χ0n) is 20.0. The zero-order valence-corrected chi connectivity index (χ0v) is 20.0. The number of nitrogen functional groups attached to an aromatic ring is 1. The number of nitrogens with two attached hydrogens (primary N) is 1. The molecule has 2 aromatic carbocycles. The van der Waals surface area contributed by atoms with Crippen LogP contribution in [0.4, 0.5) is 11.5 Å². The lowest BCUT2D eigenvalue weighted by molar-refractivity contribution is 0.630. The van der Waals surface area contributed by atoms with Crippen LogP contribution in [0.1, 0.15) is 31.3 Å². The van der Waals surface area contributed by atoms with Gasteiger partial charge < -0.3 is 11.1 Å². The van der Waals surface area contributed by atoms with E-state index in [1.807, 2.05) is 55.5 Å². The number of rotatable bonds is 5. The first-order valence-electron chi connectivity index (χ1n) is 11.3. The molecule has 0 aliphatic heterocycles. The number of aryl methyl sites for hydroxylation is 1. The van der Waals surface area contributed by atoms with Crippen molar-refractivity contribution in [1.29, 1.82) is 0 Å². The van der Waals surface area contributed by atoms with E-state index in [4.69, 9.17) is 10.7 Å². The van der Waals surface area contributed by atoms with Gasteiger partial charge in [0.15, 0.2) is 0 Å². The fourth-order valence-corrected chi connectivity index (χ4v) is 4.08. The molecule has 0 amide bonds. The predicted molar refractivity (Wildman–Crippen MR) is 138 cm³/mol. The topological polar surface area (TPSA) is 129 Å². The molecule has 3 N–H and O–H groups in total. The van der Waals surface area contributed by atoms with Gasteiger partial charge in [-0.2, -0.15) is 4.80 Å². The first kappa shape index (κ1) is 22.7. The SMILES string of the molecule is CC#Cc1cccc2nc([C@H](C)Nc3nccc(N)c3-c3nnn(C)n3)n(-c3ccccc3)c(=O)c12. The minimum atomic E-state index is -0.451. The summed E-state index contributed by atoms with van der Waals surface area (Å²) < 4.78 is 1.60. The molecule has 0 spiro atoms. The Morgan fingerprint density at radius 3 is 2.61 bits per heavy atom. The Hall–Kier alpha value is -5.04. The normalized spacial score (nSPS) is 11.6. The van der Waals surface area contributed by atoms with Gasteiger partial charge in [-0.15, -0.1) is 16.1 Å². The summed E-state index contributed by atoms with van der Waals surface area (Å²) in [6, 6.07) is 16.1. The van der Waals surface area contributed by atoms with E-state index in [1.54, 1.807) is 30.8 Å². The molecule has 10 heteroatoms. The van der Waals surface area contributed by atoms with Gasteiger partial charge in [-0.25, -0.2) is 9.97 Å². The molecule has 0 aliphatic rings. The Morgan fingerprint density at radius 1 is 1.08 bits per heavy atom. The van der Waals surface area contributed by atoms with Crippen molar-refractivity contribution in [3.8, 4) is 28.9 Å². The number of pyridine rings is 1. The summed E-state index contributed by atoms with van der Waals surface area (Å²) in [4.78, 5) is 24.6. The van der Waals surface area contributed by atoms with Gasteiger partial charge in [-0.1, -0.05) is 30.2 Å². The summed E-state index contributed by atoms with van der Waals surface area (Å²) in [7, 11) is 1.67. The Balaban J connectivity index is 1.70. The third kappa shape index (κ3) is 4.03. The first-order chi connectivity index (χ1) is 17.5. The number of nitrogens with zero attached hydrogens (tertiary/aromatic N) is 7. The highest BCUT2D eigenvalue weighted by atomic mass is 16.1. The zero-order chi connectivity index (χ0) is 25.2. The molecule has 0 aliphatic carbocycles. The molecule has 5 rings (SSSR count). The number of aromatic nitrogens is 7. The van der Waals surface area contributed by atoms with E-state index in [2.05, 4.69) is 37.6 Å². The number of fused-ring (bicyclic) bond motifs is 1. The fourth-order valence-electron chi connectivity index (χ4n) is 4.08. The molecule has 0 unspecified atom stereocenters. The van der Waals surface area contributed by atoms with Crippen molar-refractivity contribution in [1.82, 2.24) is 34.7 Å². The van der Waals surface area contributed by atoms with E-state index in [0.29, 0.717) is 50.9 Å². The molecule has 0 fully saturated rings. The number of hydrogen-bond acceptors (Lipinski definition) is 8. The molecule has 0 saturated heterocycles. The predicted octanol–water partition coefficient (Wildman–Crippen LogP) is 3.10. The molecule has 0 saturated carbocycles. The van der Waals surface area contributed by atoms with Crippen LogP contribution in [0.25, 0.3) is 28.0 Å². The highest BCUT2D eigenvalue weighted by Gasteiger charge is 2.22. The number of tetrazole rings is 1. The first-order valence-corrected chi connectivity index (χ1v) is 11.3. The van der Waals surface area contributed by atoms with Crippen molar-refractivity contribution in [2.45, 2.75) is 19.9 Å². The third-order valence-electron chi connectivity index (χ3n) is 5.65. The lowest BCUT2D eigenvalue weighted by atomic mass is 10.1. The second kappa shape index (κ2) is 9.31. The molecule has 3 aromatic heterocycles. The van der Waals surface area contributed by atoms with E-state index in [9.17, 15) is 4.79 Å². The number of nitrogens with one attached hydrogen (secondary N) is 1. The van der Waals surface area contributed by atoms with Gasteiger partial charge in [-0.05, 0) is 49.4 Å². The summed E-state index contributed by atoms with van der Waals surface area (Å²) in [6.45, 7) is 3.64. The van der Waals surface area contributed by atoms with Crippen molar-refractivity contribution in [3.63, 3.8) is 0 Å². The standard InChI is InChI=1S/C26H23N9O/c1-4-9-17-10-8-13-20-21(17)26(36)35(18-11-6-5-7-12-18)25(30-20)16(2)29-23-22(19(27)14-15-28-23)24-31-33-34(3)32-24/h5-8,10-16H,1-3H3,(H3,27,28,29)/t16-/m0/s1. The number of hydrogen-bond donors (Lipinski definition) is 2. The van der Waals surface area contributed by atoms with Crippen molar-refractivity contribution < 1.29 is 0 Å². The van der Waals surface area contributed by atoms with Crippen molar-refractivity contribution in [3.05, 3.63) is 82.5 Å². The lowest BCUT2D eigenvalue weighted by Crippen LogP contribution is -2.28. The second-order valence-electron chi connectivity index (χ2n) is 8.11. The molecule has 1 atom stereocenters. The molecular formula is C26H23N9O. The van der Waals surface area contributed by atoms with Gasteiger partial charge in [0.05, 0.1) is 35.2 Å². The van der Waals surface area contributed by atoms with Crippen LogP contribution in [0.2, 0.25) is 0 Å². The van der Waals surface area contributed by atoms with Gasteiger partial charge in [0.1, 0.15) is 11.6 Å². The number of anilines is 2. The summed E-state index contributed by atoms with van der Waals surface area (Å²) in [5, 5.41) is 16.1. The van der Waals surface area contributed by atoms with Gasteiger partial charge in [0.25, 0.3) is 5.56 Å². The van der Waals surface area contributed by atoms with Crippen molar-refractivity contribution in [2.24, 2.45) is 7.05 Å². The molecule has 0 radical (unpaired) electrons. The van der Waals surface area contributed by atoms with Gasteiger partial charge in [-0.3, -0.25) is 9.36 Å². The summed E-state index contributed by atoms with van der Waals surface area (Å²) in [5.41, 5.74) is 8.91. The average molecular weight is 478 g/mol. The maximum Gasteiger partial charge on any atom is 0.267 e. The van der Waals surface area contributed by atoms with E-state index in [-0.39, 0.29) is 5.56 Å². The summed E-state index contributed by atoms with van der Waals surface area (Å²) in [5.74, 6) is 7.21. The summed E-state index contributed by atoms with van der Waals surface area (Å²) in [6.07, 6.45) is 1.60. The van der Waals surface area contributed by atoms with Crippen LogP contribution < -0.4 is 16.6 Å². The van der Waals surface area contributed by atoms with Gasteiger partial charge in [0, 0.05) is 17.4 Å². The molecule has 5 aromatic rings. The largest absolute Gasteiger partial charge is 0.398 e. The number of benzene rings is 2. The maximum atomic E-state index is 13.9. The summed E-state index contributed by atoms with van der Waals surface area (Å²) >= 11 is 0. The van der Waals surface area contributed by atoms with Gasteiger partial charge >= 0.3 is 0 Å². The molecule has 3 heterocycles. The number of para-hydroxylation sites is 1. The van der Waals surface area contributed by atoms with E-state index >= 15 is 0 Å². The van der Waals surface area contributed by atoms with Crippen molar-refractivity contribution >= 4 is 22.4 Å². The smallest absolute Gasteiger partial charge is 0.267 e. The maximum absolute atomic E-state index is 13.9. The minimum Gasteiger partial charge on any atom is -0.398 e. The molecule has 0 bridgehead atoms. The average Bonchev–Trinajstić information content (AvgIpc) is 3.30. The highest BCUT2D eigenvalue weighted by molar-refractivity contribution is 5.85. The van der Waals surface area contributed by atoms with Crippen LogP contribution in [-0.4, -0.2) is 34.7 Å². The molecule has 36 heavy (non-hydrogen) atoms. The monoisotopic (exact) mass is 477 g/mol. The second-order valence-corrected chi connectivity index (χ2v) is 8.11. The van der Waals surface area contributed by atoms with Crippen molar-refractivity contribution in [2.75, 3.05) is 11.1 Å². The molecular weight excluding hydrogens is 454 g/mol. The highest BCUT2D eigenvalue weighted by Crippen LogP contribution is 2.31. The van der Waals surface area contributed by atoms with E-state index in [1.165, 1.54) is 4.80 Å². The molecule has 10 nitrogen and oxygen atoms in total. The third-order valence-corrected chi connectivity index (χ3v) is 5.65. The van der Waals surface area contributed by atoms with Crippen LogP contribution in [0.15, 0.2) is 65.6 Å². The quantitative estimate of drug-likeness (QED) is 0.370. The Labute approximate surface area is 206 Å². The Morgan fingerprint density at radius 2 is 1.89 bits per heavy atom. The van der Waals surface area contributed by atoms with Gasteiger partial charge in [0.2, 0.25) is 5.82 Å². The van der Waals surface area contributed by atoms with Crippen LogP contribution in [0.5, 0.6) is 0 Å². The van der Waals surface area contributed by atoms with Crippen LogP contribution in [0, 0.1) is 11.8 Å². The fraction of sp³-hybridized carbons (Fsp3) is 0.154. The van der Waals surface area contributed by atoms with E-state index in [0.717, 1.165) is 0 Å².